The molecule has 0 bridgehead atoms. The Bertz CT molecular complexity index is 149. The van der Waals surface area contributed by atoms with Gasteiger partial charge in [0.05, 0.1) is 0 Å². The Morgan fingerprint density at radius 1 is 1.67 bits per heavy atom. The molecule has 0 fully saturated rings. The third-order valence-electron chi connectivity index (χ3n) is 0.172. The van der Waals surface area contributed by atoms with Crippen LogP contribution in [0.4, 0.5) is 0 Å². The minimum atomic E-state index is -4.44. The molecule has 0 spiro atoms. The summed E-state index contributed by atoms with van der Waals surface area (Å²) in [5, 5.41) is 9.00. The van der Waals surface area contributed by atoms with Gasteiger partial charge in [-0.1, -0.05) is 0 Å². The summed E-state index contributed by atoms with van der Waals surface area (Å²) in [6.45, 7) is 0. The summed E-state index contributed by atoms with van der Waals surface area (Å²) in [4.78, 5) is 15.7. The number of rotatable bonds is 2. The van der Waals surface area contributed by atoms with Crippen LogP contribution in [0.25, 0.3) is 0 Å². The second-order valence-corrected chi connectivity index (χ2v) is 2.67. The Kier molecular flexibility index (Phi) is 7.15. The molecule has 0 saturated carbocycles. The Labute approximate surface area is 66.6 Å². The van der Waals surface area contributed by atoms with Crippen molar-refractivity contribution < 1.29 is 35.7 Å². The average molecular weight is 207 g/mol. The zero-order valence-corrected chi connectivity index (χ0v) is 6.91. The van der Waals surface area contributed by atoms with Gasteiger partial charge in [0.15, 0.2) is 5.40 Å². The molecule has 5 nitrogen and oxygen atoms in total. The number of nitrogens with zero attached hydrogens (tertiary/aromatic N) is 1. The van der Waals surface area contributed by atoms with Crippen LogP contribution in [0.5, 0.6) is 0 Å². The second kappa shape index (κ2) is 5.28. The largest absolute Gasteiger partial charge is 0.481 e. The maximum Gasteiger partial charge on any atom is 0.481 e. The Hall–Kier alpha value is 0.482. The molecule has 0 aliphatic heterocycles. The predicted octanol–water partition coefficient (Wildman–Crippen LogP) is 0.222. The van der Waals surface area contributed by atoms with Crippen molar-refractivity contribution in [2.75, 3.05) is 0 Å². The molecule has 0 amide bonds. The number of nitriles is 1. The fourth-order valence-electron chi connectivity index (χ4n) is 0.0652. The summed E-state index contributed by atoms with van der Waals surface area (Å²) in [6, 6.07) is 0. The molecule has 0 saturated heterocycles. The van der Waals surface area contributed by atoms with Gasteiger partial charge in [0.1, 0.15) is 12.0 Å². The first kappa shape index (κ1) is 12.2. The Balaban J connectivity index is 0. The summed E-state index contributed by atoms with van der Waals surface area (Å²) < 4.78 is 13.3. The van der Waals surface area contributed by atoms with Crippen molar-refractivity contribution in [2.45, 2.75) is 0 Å². The van der Waals surface area contributed by atoms with Crippen molar-refractivity contribution in [3.63, 3.8) is 0 Å². The summed E-state index contributed by atoms with van der Waals surface area (Å²) in [5.41, 5.74) is 0. The molecule has 9 heavy (non-hydrogen) atoms. The quantitative estimate of drug-likeness (QED) is 0.382. The van der Waals surface area contributed by atoms with E-state index in [1.807, 2.05) is 0 Å². The van der Waals surface area contributed by atoms with E-state index < -0.39 is 7.82 Å². The van der Waals surface area contributed by atoms with E-state index in [1.54, 1.807) is 0 Å². The first-order valence-corrected chi connectivity index (χ1v) is 3.63. The van der Waals surface area contributed by atoms with Crippen molar-refractivity contribution in [1.82, 2.24) is 0 Å². The van der Waals surface area contributed by atoms with E-state index in [1.165, 1.54) is 5.40 Å². The third kappa shape index (κ3) is 11.9. The molecule has 0 radical (unpaired) electrons. The van der Waals surface area contributed by atoms with E-state index in [0.717, 1.165) is 0 Å². The maximum atomic E-state index is 9.69. The molecule has 0 unspecified atom stereocenters. The summed E-state index contributed by atoms with van der Waals surface area (Å²) in [6.07, 6.45) is 0. The van der Waals surface area contributed by atoms with E-state index in [2.05, 4.69) is 3.97 Å². The third-order valence-corrected chi connectivity index (χ3v) is 1.32. The summed E-state index contributed by atoms with van der Waals surface area (Å²) in [5.74, 6) is 0. The Morgan fingerprint density at radius 2 is 2.11 bits per heavy atom. The number of phosphoric acid groups is 1. The standard InChI is InChI=1S/CH2NO4PS.Cr/c2-1-8-6-7(3,4)5;/h(H2,3,4,5);. The van der Waals surface area contributed by atoms with Gasteiger partial charge in [-0.3, -0.25) is 0 Å². The predicted molar refractivity (Wildman–Crippen MR) is 26.3 cm³/mol. The number of hydrogen-bond donors (Lipinski definition) is 2. The van der Waals surface area contributed by atoms with Gasteiger partial charge in [0, 0.05) is 17.4 Å². The molecule has 0 aliphatic carbocycles. The minimum Gasteiger partial charge on any atom is -0.302 e. The van der Waals surface area contributed by atoms with Crippen molar-refractivity contribution in [3.8, 4) is 5.40 Å². The smallest absolute Gasteiger partial charge is 0.302 e. The first-order chi connectivity index (χ1) is 3.56. The van der Waals surface area contributed by atoms with E-state index in [4.69, 9.17) is 15.0 Å². The molecule has 0 heterocycles. The van der Waals surface area contributed by atoms with Gasteiger partial charge in [-0.05, 0) is 0 Å². The van der Waals surface area contributed by atoms with Crippen LogP contribution in [-0.2, 0) is 25.9 Å². The van der Waals surface area contributed by atoms with Gasteiger partial charge in [-0.25, -0.2) is 4.57 Å². The molecule has 0 aliphatic rings. The first-order valence-electron chi connectivity index (χ1n) is 1.36. The summed E-state index contributed by atoms with van der Waals surface area (Å²) >= 11 is 0.0575. The molecule has 52 valence electrons. The number of thiocyanates is 1. The zero-order valence-electron chi connectivity index (χ0n) is 3.92. The van der Waals surface area contributed by atoms with E-state index in [0.29, 0.717) is 0 Å². The van der Waals surface area contributed by atoms with Gasteiger partial charge in [0.25, 0.3) is 0 Å². The molecule has 0 aromatic carbocycles. The van der Waals surface area contributed by atoms with Gasteiger partial charge in [0.2, 0.25) is 0 Å². The Morgan fingerprint density at radius 3 is 2.22 bits per heavy atom. The van der Waals surface area contributed by atoms with E-state index in [-0.39, 0.29) is 29.4 Å². The van der Waals surface area contributed by atoms with E-state index in [9.17, 15) is 4.57 Å². The van der Waals surface area contributed by atoms with E-state index >= 15 is 0 Å². The fourth-order valence-corrected chi connectivity index (χ4v) is 0.587. The van der Waals surface area contributed by atoms with Crippen LogP contribution in [0.1, 0.15) is 0 Å². The van der Waals surface area contributed by atoms with Crippen LogP contribution in [0.3, 0.4) is 0 Å². The molecule has 0 rings (SSSR count). The van der Waals surface area contributed by atoms with Gasteiger partial charge in [-0.2, -0.15) is 9.23 Å². The topological polar surface area (TPSA) is 90.5 Å². The normalized spacial score (nSPS) is 9.44. The van der Waals surface area contributed by atoms with Crippen LogP contribution >= 0.6 is 19.9 Å². The van der Waals surface area contributed by atoms with Crippen molar-refractivity contribution in [3.05, 3.63) is 0 Å². The van der Waals surface area contributed by atoms with Crippen LogP contribution in [0, 0.1) is 10.7 Å². The fraction of sp³-hybridized carbons (Fsp3) is 0. The van der Waals surface area contributed by atoms with Crippen molar-refractivity contribution >= 4 is 19.9 Å². The van der Waals surface area contributed by atoms with Crippen LogP contribution in [0.15, 0.2) is 0 Å². The molecule has 0 aromatic heterocycles. The van der Waals surface area contributed by atoms with Crippen molar-refractivity contribution in [2.24, 2.45) is 0 Å². The molecular weight excluding hydrogens is 205 g/mol. The molecule has 0 atom stereocenters. The SMILES string of the molecule is N#CSOP(=O)(O)O.[Cr]. The summed E-state index contributed by atoms with van der Waals surface area (Å²) in [7, 11) is -4.44. The van der Waals surface area contributed by atoms with Gasteiger partial charge < -0.3 is 9.79 Å². The van der Waals surface area contributed by atoms with Gasteiger partial charge in [-0.15, -0.1) is 0 Å². The molecule has 0 aromatic rings. The molecular formula is CH2CrNO4PS. The van der Waals surface area contributed by atoms with Crippen LogP contribution in [-0.4, -0.2) is 9.79 Å². The van der Waals surface area contributed by atoms with Crippen LogP contribution < -0.4 is 0 Å². The van der Waals surface area contributed by atoms with Crippen LogP contribution in [0.2, 0.25) is 0 Å². The molecule has 2 N–H and O–H groups in total. The average Bonchev–Trinajstić information content (AvgIpc) is 1.59. The second-order valence-electron chi connectivity index (χ2n) is 0.740. The maximum absolute atomic E-state index is 9.69. The minimum absolute atomic E-state index is 0. The molecule has 8 heteroatoms. The zero-order chi connectivity index (χ0) is 6.62. The monoisotopic (exact) mass is 207 g/mol. The van der Waals surface area contributed by atoms with Gasteiger partial charge >= 0.3 is 7.82 Å². The number of hydrogen-bond acceptors (Lipinski definition) is 4. The van der Waals surface area contributed by atoms with Crippen molar-refractivity contribution in [1.29, 1.82) is 5.26 Å².